The van der Waals surface area contributed by atoms with E-state index in [0.717, 1.165) is 0 Å². The summed E-state index contributed by atoms with van der Waals surface area (Å²) >= 11 is 0. The smallest absolute Gasteiger partial charge is 1.00 e. The number of hydrogen-bond acceptors (Lipinski definition) is 0. The van der Waals surface area contributed by atoms with Gasteiger partial charge in [0.2, 0.25) is 0 Å². The molecule has 0 nitrogen and oxygen atoms in total. The molecule has 0 aromatic carbocycles. The first-order chi connectivity index (χ1) is 0. The molecule has 0 aliphatic rings. The van der Waals surface area contributed by atoms with E-state index in [4.69, 9.17) is 0 Å². The molecule has 11 valence electrons. The Morgan fingerprint density at radius 3 is 0.600 bits per heavy atom. The second-order valence-electron chi connectivity index (χ2n) is 0. The molecule has 0 saturated heterocycles. The molecule has 0 rings (SSSR count). The molecule has 0 bridgehead atoms. The Bertz CT molecular complexity index is 6.85. The summed E-state index contributed by atoms with van der Waals surface area (Å²) in [5, 5.41) is 0. The van der Waals surface area contributed by atoms with Crippen LogP contribution in [0.2, 0.25) is 0 Å². The van der Waals surface area contributed by atoms with E-state index in [1.807, 2.05) is 0 Å². The van der Waals surface area contributed by atoms with E-state index in [1.165, 1.54) is 0 Å². The van der Waals surface area contributed by atoms with Gasteiger partial charge < -0.3 is 13.5 Å². The van der Waals surface area contributed by atoms with Gasteiger partial charge in [0.25, 0.3) is 0 Å². The van der Waals surface area contributed by atoms with E-state index in [-0.39, 0.29) is 111 Å². The molecule has 5 heteroatoms. The number of rotatable bonds is 0. The Morgan fingerprint density at radius 1 is 0.600 bits per heavy atom. The molecule has 5 heavy (non-hydrogen) atoms. The van der Waals surface area contributed by atoms with Crippen LogP contribution in [-0.4, -0.2) is 8.41 Å². The quantitative estimate of drug-likeness (QED) is 0.273. The van der Waals surface area contributed by atoms with E-state index < -0.39 is 0 Å². The van der Waals surface area contributed by atoms with Crippen LogP contribution in [0.1, 0.15) is 0 Å². The molecule has 0 saturated carbocycles. The van der Waals surface area contributed by atoms with Crippen LogP contribution in [0, 0.1) is 0 Å². The summed E-state index contributed by atoms with van der Waals surface area (Å²) in [6.07, 6.45) is 0. The van der Waals surface area contributed by atoms with Crippen molar-refractivity contribution in [3.05, 3.63) is 0 Å². The van der Waals surface area contributed by atoms with Crippen molar-refractivity contribution in [2.24, 2.45) is 0 Å². The molecule has 0 aliphatic heterocycles. The monoisotopic (exact) mass is 112 g/mol. The van der Waals surface area contributed by atoms with Crippen LogP contribution in [0.3, 0.4) is 0 Å². The van der Waals surface area contributed by atoms with Gasteiger partial charge in [-0.2, -0.15) is 0 Å². The zero-order valence-electron chi connectivity index (χ0n) is 3.99. The van der Waals surface area contributed by atoms with Gasteiger partial charge in [0.1, 0.15) is 0 Å². The minimum Gasteiger partial charge on any atom is -2.00 e. The van der Waals surface area contributed by atoms with E-state index in [1.54, 1.807) is 0 Å². The molecule has 0 heterocycles. The third-order valence-corrected chi connectivity index (χ3v) is 0. The van der Waals surface area contributed by atoms with Crippen LogP contribution < -0.4 is 88.7 Å². The molecule has 0 aromatic heterocycles. The summed E-state index contributed by atoms with van der Waals surface area (Å²) in [7, 11) is 0. The van der Waals surface area contributed by atoms with Crippen molar-refractivity contribution in [3.8, 4) is 0 Å². The molecule has 0 spiro atoms. The van der Waals surface area contributed by atoms with Gasteiger partial charge in [-0.15, -0.1) is 0 Å². The molecule has 0 N–H and O–H groups in total. The van der Waals surface area contributed by atoms with Gasteiger partial charge in [-0.05, 0) is 0 Å². The second kappa shape index (κ2) is 26.2. The zero-order chi connectivity index (χ0) is 0. The summed E-state index contributed by atoms with van der Waals surface area (Å²) in [6, 6.07) is 0. The molecule has 0 aliphatic carbocycles. The van der Waals surface area contributed by atoms with Crippen molar-refractivity contribution < 1.29 is 88.7 Å². The SMILES string of the molecule is [B].[Na+].[Na+].[Na+].[S-2]. The topological polar surface area (TPSA) is 0 Å². The first kappa shape index (κ1) is 39.7. The van der Waals surface area contributed by atoms with Crippen molar-refractivity contribution in [2.45, 2.75) is 0 Å². The largest absolute Gasteiger partial charge is 2.00 e. The van der Waals surface area contributed by atoms with Crippen LogP contribution in [0.5, 0.6) is 0 Å². The fourth-order valence-corrected chi connectivity index (χ4v) is 0. The Labute approximate surface area is 108 Å². The molecule has 3 radical (unpaired) electrons. The van der Waals surface area contributed by atoms with Gasteiger partial charge in [-0.25, -0.2) is 0 Å². The summed E-state index contributed by atoms with van der Waals surface area (Å²) in [4.78, 5) is 0. The zero-order valence-corrected chi connectivity index (χ0v) is 10.8. The van der Waals surface area contributed by atoms with Gasteiger partial charge in [0.15, 0.2) is 0 Å². The van der Waals surface area contributed by atoms with Crippen LogP contribution in [-0.2, 0) is 13.5 Å². The van der Waals surface area contributed by atoms with E-state index in [2.05, 4.69) is 0 Å². The van der Waals surface area contributed by atoms with Gasteiger partial charge in [0, 0.05) is 8.41 Å². The Kier molecular flexibility index (Phi) is 208. The van der Waals surface area contributed by atoms with E-state index >= 15 is 0 Å². The average molecular weight is 112 g/mol. The second-order valence-corrected chi connectivity index (χ2v) is 0. The molecule has 0 fully saturated rings. The maximum absolute atomic E-state index is 0. The first-order valence-corrected chi connectivity index (χ1v) is 0. The third-order valence-electron chi connectivity index (χ3n) is 0. The van der Waals surface area contributed by atoms with E-state index in [9.17, 15) is 0 Å². The molecule has 0 unspecified atom stereocenters. The Balaban J connectivity index is 0. The summed E-state index contributed by atoms with van der Waals surface area (Å²) in [5.74, 6) is 0. The summed E-state index contributed by atoms with van der Waals surface area (Å²) in [6.45, 7) is 0. The summed E-state index contributed by atoms with van der Waals surface area (Å²) in [5.41, 5.74) is 0. The minimum absolute atomic E-state index is 0. The first-order valence-electron chi connectivity index (χ1n) is 0. The van der Waals surface area contributed by atoms with Crippen LogP contribution in [0.15, 0.2) is 0 Å². The minimum atomic E-state index is 0. The van der Waals surface area contributed by atoms with Gasteiger partial charge >= 0.3 is 88.7 Å². The normalized spacial score (nSPS) is 0. The van der Waals surface area contributed by atoms with Gasteiger partial charge in [-0.3, -0.25) is 0 Å². The average Bonchev–Trinajstić information content (AvgIpc) is 0. The molecular formula is BNa3S+. The summed E-state index contributed by atoms with van der Waals surface area (Å²) < 4.78 is 0. The molecular weight excluding hydrogens is 112 g/mol. The maximum Gasteiger partial charge on any atom is 1.00 e. The Hall–Kier alpha value is 3.41. The fourth-order valence-electron chi connectivity index (χ4n) is 0. The van der Waals surface area contributed by atoms with Crippen molar-refractivity contribution in [2.75, 3.05) is 0 Å². The van der Waals surface area contributed by atoms with Gasteiger partial charge in [-0.1, -0.05) is 0 Å². The van der Waals surface area contributed by atoms with Crippen LogP contribution >= 0.6 is 0 Å². The Morgan fingerprint density at radius 2 is 0.600 bits per heavy atom. The van der Waals surface area contributed by atoms with Crippen LogP contribution in [0.25, 0.3) is 0 Å². The van der Waals surface area contributed by atoms with Gasteiger partial charge in [0.05, 0.1) is 0 Å². The van der Waals surface area contributed by atoms with Crippen molar-refractivity contribution in [1.82, 2.24) is 0 Å². The number of hydrogen-bond donors (Lipinski definition) is 0. The fraction of sp³-hybridized carbons (Fsp3) is 0. The predicted molar refractivity (Wildman–Crippen MR) is 13.1 cm³/mol. The van der Waals surface area contributed by atoms with Crippen molar-refractivity contribution in [3.63, 3.8) is 0 Å². The molecule has 0 atom stereocenters. The molecule has 0 aromatic rings. The van der Waals surface area contributed by atoms with E-state index in [0.29, 0.717) is 0 Å². The molecule has 0 amide bonds. The van der Waals surface area contributed by atoms with Crippen molar-refractivity contribution in [1.29, 1.82) is 0 Å². The van der Waals surface area contributed by atoms with Crippen molar-refractivity contribution >= 4 is 21.9 Å². The standard InChI is InChI=1S/B.3Na.S/q;3*+1;-2. The third kappa shape index (κ3) is 18.6. The predicted octanol–water partition coefficient (Wildman–Crippen LogP) is -9.37. The maximum atomic E-state index is 0. The van der Waals surface area contributed by atoms with Crippen LogP contribution in [0.4, 0.5) is 0 Å².